The van der Waals surface area contributed by atoms with Crippen molar-refractivity contribution in [1.82, 2.24) is 4.90 Å². The van der Waals surface area contributed by atoms with Crippen LogP contribution in [0, 0.1) is 12.3 Å². The monoisotopic (exact) mass is 481 g/mol. The zero-order chi connectivity index (χ0) is 24.2. The molecule has 2 heterocycles. The summed E-state index contributed by atoms with van der Waals surface area (Å²) < 4.78 is 11.6. The average Bonchev–Trinajstić information content (AvgIpc) is 3.30. The lowest BCUT2D eigenvalue weighted by molar-refractivity contribution is -0.114. The van der Waals surface area contributed by atoms with Crippen molar-refractivity contribution in [3.8, 4) is 11.5 Å². The van der Waals surface area contributed by atoms with E-state index in [-0.39, 0.29) is 11.4 Å². The van der Waals surface area contributed by atoms with Crippen LogP contribution in [0.5, 0.6) is 11.5 Å². The van der Waals surface area contributed by atoms with Crippen LogP contribution in [0.3, 0.4) is 0 Å². The largest absolute Gasteiger partial charge is 0.490 e. The van der Waals surface area contributed by atoms with E-state index in [0.29, 0.717) is 24.1 Å². The number of aliphatic imine (C=N–C) groups is 1. The van der Waals surface area contributed by atoms with Gasteiger partial charge in [-0.15, -0.1) is 0 Å². The third kappa shape index (κ3) is 4.90. The number of fused-ring (bicyclic) bond motifs is 1. The van der Waals surface area contributed by atoms with Gasteiger partial charge in [0.1, 0.15) is 30.5 Å². The highest BCUT2D eigenvalue weighted by Gasteiger charge is 2.36. The van der Waals surface area contributed by atoms with Gasteiger partial charge in [-0.1, -0.05) is 72.4 Å². The lowest BCUT2D eigenvalue weighted by Crippen LogP contribution is -2.38. The molecule has 0 bridgehead atoms. The summed E-state index contributed by atoms with van der Waals surface area (Å²) in [5, 5.41) is 11.2. The van der Waals surface area contributed by atoms with Gasteiger partial charge in [0.25, 0.3) is 5.91 Å². The van der Waals surface area contributed by atoms with E-state index in [0.717, 1.165) is 28.1 Å². The second kappa shape index (κ2) is 10.0. The first-order valence-corrected chi connectivity index (χ1v) is 12.1. The molecule has 2 aliphatic heterocycles. The molecule has 5 rings (SSSR count). The minimum Gasteiger partial charge on any atom is -0.490 e. The summed E-state index contributed by atoms with van der Waals surface area (Å²) in [6.45, 7) is 2.80. The first-order chi connectivity index (χ1) is 17.1. The maximum atomic E-state index is 12.7. The number of nitrogens with zero attached hydrogens (tertiary/aromatic N) is 2. The van der Waals surface area contributed by atoms with Gasteiger partial charge in [-0.05, 0) is 47.9 Å². The van der Waals surface area contributed by atoms with E-state index in [2.05, 4.69) is 4.99 Å². The van der Waals surface area contributed by atoms with Gasteiger partial charge in [-0.2, -0.15) is 4.99 Å². The first kappa shape index (κ1) is 22.7. The van der Waals surface area contributed by atoms with Gasteiger partial charge in [-0.25, -0.2) is 0 Å². The summed E-state index contributed by atoms with van der Waals surface area (Å²) in [4.78, 5) is 18.7. The van der Waals surface area contributed by atoms with Gasteiger partial charge in [0.2, 0.25) is 0 Å². The van der Waals surface area contributed by atoms with E-state index in [4.69, 9.17) is 14.9 Å². The third-order valence-corrected chi connectivity index (χ3v) is 6.38. The molecule has 0 spiro atoms. The summed E-state index contributed by atoms with van der Waals surface area (Å²) in [6, 6.07) is 25.1. The van der Waals surface area contributed by atoms with Gasteiger partial charge in [0.05, 0.1) is 11.3 Å². The van der Waals surface area contributed by atoms with E-state index in [9.17, 15) is 4.79 Å². The van der Waals surface area contributed by atoms with Crippen LogP contribution in [0.4, 0.5) is 0 Å². The van der Waals surface area contributed by atoms with E-state index < -0.39 is 5.91 Å². The van der Waals surface area contributed by atoms with E-state index in [1.807, 2.05) is 91.2 Å². The highest BCUT2D eigenvalue weighted by molar-refractivity contribution is 8.17. The molecule has 7 heteroatoms. The minimum absolute atomic E-state index is 0.109. The molecule has 0 fully saturated rings. The molecule has 0 atom stereocenters. The van der Waals surface area contributed by atoms with Crippen LogP contribution < -0.4 is 9.47 Å². The number of aryl methyl sites for hydroxylation is 1. The molecule has 3 aromatic carbocycles. The number of carbonyl (C=O) groups excluding carboxylic acids is 1. The molecule has 2 aliphatic rings. The number of amides is 1. The van der Waals surface area contributed by atoms with Crippen molar-refractivity contribution < 1.29 is 14.3 Å². The number of hydrogen-bond acceptors (Lipinski definition) is 5. The van der Waals surface area contributed by atoms with Crippen molar-refractivity contribution in [3.05, 3.63) is 107 Å². The van der Waals surface area contributed by atoms with Crippen LogP contribution in [-0.4, -0.2) is 35.0 Å². The molecular weight excluding hydrogens is 458 g/mol. The van der Waals surface area contributed by atoms with Gasteiger partial charge in [-0.3, -0.25) is 15.1 Å². The molecule has 0 aromatic heterocycles. The molecule has 0 saturated carbocycles. The number of amidine groups is 2. The first-order valence-electron chi connectivity index (χ1n) is 11.2. The van der Waals surface area contributed by atoms with Crippen LogP contribution in [-0.2, 0) is 4.79 Å². The summed E-state index contributed by atoms with van der Waals surface area (Å²) in [7, 11) is 0. The lowest BCUT2D eigenvalue weighted by Gasteiger charge is -2.26. The fourth-order valence-corrected chi connectivity index (χ4v) is 4.69. The van der Waals surface area contributed by atoms with Gasteiger partial charge in [0.15, 0.2) is 5.17 Å². The molecule has 0 aliphatic carbocycles. The van der Waals surface area contributed by atoms with Gasteiger partial charge >= 0.3 is 0 Å². The van der Waals surface area contributed by atoms with Crippen LogP contribution in [0.15, 0.2) is 94.8 Å². The zero-order valence-corrected chi connectivity index (χ0v) is 19.9. The second-order valence-corrected chi connectivity index (χ2v) is 8.80. The zero-order valence-electron chi connectivity index (χ0n) is 19.1. The number of ether oxygens (including phenoxy) is 2. The van der Waals surface area contributed by atoms with Gasteiger partial charge < -0.3 is 9.47 Å². The Balaban J connectivity index is 1.29. The molecule has 1 amide bonds. The maximum absolute atomic E-state index is 12.7. The highest BCUT2D eigenvalue weighted by Crippen LogP contribution is 2.37. The summed E-state index contributed by atoms with van der Waals surface area (Å²) in [6.07, 6.45) is 1.69. The Labute approximate surface area is 208 Å². The molecule has 0 unspecified atom stereocenters. The number of rotatable bonds is 7. The number of carbonyl (C=O) groups is 1. The van der Waals surface area contributed by atoms with Crippen LogP contribution in [0.25, 0.3) is 11.8 Å². The average molecular weight is 482 g/mol. The van der Waals surface area contributed by atoms with Crippen molar-refractivity contribution in [2.75, 3.05) is 13.2 Å². The molecule has 0 saturated heterocycles. The van der Waals surface area contributed by atoms with Crippen molar-refractivity contribution in [1.29, 1.82) is 5.41 Å². The molecule has 35 heavy (non-hydrogen) atoms. The molecule has 174 valence electrons. The molecule has 0 radical (unpaired) electrons. The van der Waals surface area contributed by atoms with Crippen LogP contribution >= 0.6 is 11.8 Å². The Bertz CT molecular complexity index is 1380. The minimum atomic E-state index is -0.422. The molecule has 6 nitrogen and oxygen atoms in total. The Morgan fingerprint density at radius 1 is 0.971 bits per heavy atom. The van der Waals surface area contributed by atoms with E-state index in [1.165, 1.54) is 11.8 Å². The summed E-state index contributed by atoms with van der Waals surface area (Å²) >= 11 is 1.35. The smallest absolute Gasteiger partial charge is 0.283 e. The number of thioether (sulfide) groups is 1. The number of benzene rings is 3. The third-order valence-electron chi connectivity index (χ3n) is 5.56. The lowest BCUT2D eigenvalue weighted by atomic mass is 10.1. The predicted molar refractivity (Wildman–Crippen MR) is 141 cm³/mol. The number of nitrogens with one attached hydrogen (secondary N) is 1. The SMILES string of the molecule is Cc1ccccc1OCCOc1cccc(/C=C2\C(=N)N3C(c4ccccc4)=CSC3=NC2=O)c1. The van der Waals surface area contributed by atoms with Crippen molar-refractivity contribution >= 4 is 40.4 Å². The Hall–Kier alpha value is -4.10. The fourth-order valence-electron chi connectivity index (χ4n) is 3.80. The van der Waals surface area contributed by atoms with E-state index >= 15 is 0 Å². The number of para-hydroxylation sites is 1. The normalized spacial score (nSPS) is 16.1. The van der Waals surface area contributed by atoms with Crippen molar-refractivity contribution in [2.45, 2.75) is 6.92 Å². The van der Waals surface area contributed by atoms with Gasteiger partial charge in [0, 0.05) is 5.41 Å². The maximum Gasteiger partial charge on any atom is 0.283 e. The van der Waals surface area contributed by atoms with Crippen LogP contribution in [0.2, 0.25) is 0 Å². The second-order valence-electron chi connectivity index (χ2n) is 7.96. The summed E-state index contributed by atoms with van der Waals surface area (Å²) in [5.41, 5.74) is 3.87. The van der Waals surface area contributed by atoms with Crippen LogP contribution in [0.1, 0.15) is 16.7 Å². The standard InChI is InChI=1S/C28H23N3O3S/c1-19-8-5-6-13-25(19)34-15-14-33-22-12-7-9-20(16-22)17-23-26(29)31-24(21-10-3-2-4-11-21)18-35-28(31)30-27(23)32/h2-13,16-18,29H,14-15H2,1H3/b23-17+,29-26?. The molecular formula is C28H23N3O3S. The topological polar surface area (TPSA) is 75.0 Å². The Kier molecular flexibility index (Phi) is 6.50. The van der Waals surface area contributed by atoms with Crippen molar-refractivity contribution in [3.63, 3.8) is 0 Å². The Morgan fingerprint density at radius 3 is 2.57 bits per heavy atom. The Morgan fingerprint density at radius 2 is 1.74 bits per heavy atom. The summed E-state index contributed by atoms with van der Waals surface area (Å²) in [5.74, 6) is 1.19. The molecule has 1 N–H and O–H groups in total. The number of hydrogen-bond donors (Lipinski definition) is 1. The highest BCUT2D eigenvalue weighted by atomic mass is 32.2. The fraction of sp³-hybridized carbons (Fsp3) is 0.107. The van der Waals surface area contributed by atoms with E-state index in [1.54, 1.807) is 11.0 Å². The predicted octanol–water partition coefficient (Wildman–Crippen LogP) is 5.76. The van der Waals surface area contributed by atoms with Crippen molar-refractivity contribution in [2.24, 2.45) is 4.99 Å². The molecule has 3 aromatic rings. The quantitative estimate of drug-likeness (QED) is 0.343.